The van der Waals surface area contributed by atoms with Crippen molar-refractivity contribution >= 4 is 23.5 Å². The minimum Gasteiger partial charge on any atom is -0.468 e. The fraction of sp³-hybridized carbons (Fsp3) is 0.263. The van der Waals surface area contributed by atoms with Crippen molar-refractivity contribution in [3.05, 3.63) is 70.7 Å². The van der Waals surface area contributed by atoms with Gasteiger partial charge in [0, 0.05) is 18.1 Å². The van der Waals surface area contributed by atoms with Crippen molar-refractivity contribution in [3.8, 4) is 0 Å². The maximum Gasteiger partial charge on any atom is 0.319 e. The number of ether oxygens (including phenoxy) is 1. The van der Waals surface area contributed by atoms with E-state index < -0.39 is 0 Å². The van der Waals surface area contributed by atoms with Crippen molar-refractivity contribution in [1.29, 1.82) is 0 Å². The Hall–Kier alpha value is -2.37. The number of hydrogen-bond donors (Lipinski definition) is 1. The van der Waals surface area contributed by atoms with Gasteiger partial charge in [-0.2, -0.15) is 0 Å². The Balaban J connectivity index is 1.92. The van der Waals surface area contributed by atoms with Crippen LogP contribution in [0.25, 0.3) is 0 Å². The normalized spacial score (nSPS) is 10.5. The Kier molecular flexibility index (Phi) is 7.44. The first kappa shape index (κ1) is 19.0. The molecule has 2 aromatic carbocycles. The quantitative estimate of drug-likeness (QED) is 0.735. The number of benzene rings is 2. The van der Waals surface area contributed by atoms with Crippen molar-refractivity contribution in [2.75, 3.05) is 20.2 Å². The summed E-state index contributed by atoms with van der Waals surface area (Å²) in [5, 5.41) is 3.47. The zero-order valence-electron chi connectivity index (χ0n) is 14.1. The van der Waals surface area contributed by atoms with E-state index in [1.165, 1.54) is 7.11 Å². The summed E-state index contributed by atoms with van der Waals surface area (Å²) in [5.74, 6) is -0.543. The standard InChI is InChI=1S/C19H21ClN2O3/c1-25-19(24)14-22(12-15-6-3-2-4-7-15)13-18(23)21-11-16-8-5-9-17(20)10-16/h2-10H,11-14H2,1H3,(H,21,23). The molecule has 25 heavy (non-hydrogen) atoms. The van der Waals surface area contributed by atoms with E-state index in [9.17, 15) is 9.59 Å². The molecule has 132 valence electrons. The SMILES string of the molecule is COC(=O)CN(CC(=O)NCc1cccc(Cl)c1)Cc1ccccc1. The van der Waals surface area contributed by atoms with Crippen LogP contribution in [0.4, 0.5) is 0 Å². The lowest BCUT2D eigenvalue weighted by molar-refractivity contribution is -0.142. The number of rotatable bonds is 8. The molecule has 1 N–H and O–H groups in total. The van der Waals surface area contributed by atoms with Gasteiger partial charge in [0.25, 0.3) is 0 Å². The second kappa shape index (κ2) is 9.81. The Bertz CT molecular complexity index is 707. The molecular weight excluding hydrogens is 340 g/mol. The molecule has 0 radical (unpaired) electrons. The first-order valence-corrected chi connectivity index (χ1v) is 8.29. The molecule has 0 aromatic heterocycles. The fourth-order valence-electron chi connectivity index (χ4n) is 2.36. The molecule has 1 amide bonds. The predicted molar refractivity (Wildman–Crippen MR) is 97.0 cm³/mol. The van der Waals surface area contributed by atoms with Crippen LogP contribution in [0.3, 0.4) is 0 Å². The molecule has 0 aliphatic rings. The average molecular weight is 361 g/mol. The molecule has 6 heteroatoms. The highest BCUT2D eigenvalue weighted by molar-refractivity contribution is 6.30. The molecular formula is C19H21ClN2O3. The number of halogens is 1. The van der Waals surface area contributed by atoms with Gasteiger partial charge >= 0.3 is 5.97 Å². The zero-order chi connectivity index (χ0) is 18.1. The summed E-state index contributed by atoms with van der Waals surface area (Å²) in [6, 6.07) is 17.0. The highest BCUT2D eigenvalue weighted by Gasteiger charge is 2.15. The predicted octanol–water partition coefficient (Wildman–Crippen LogP) is 2.63. The van der Waals surface area contributed by atoms with Gasteiger partial charge in [-0.1, -0.05) is 54.1 Å². The van der Waals surface area contributed by atoms with Gasteiger partial charge in [0.1, 0.15) is 0 Å². The second-order valence-corrected chi connectivity index (χ2v) is 6.05. The minimum absolute atomic E-state index is 0.0516. The summed E-state index contributed by atoms with van der Waals surface area (Å²) < 4.78 is 4.72. The minimum atomic E-state index is -0.376. The van der Waals surface area contributed by atoms with E-state index in [4.69, 9.17) is 16.3 Å². The third-order valence-electron chi connectivity index (χ3n) is 3.58. The number of esters is 1. The molecule has 2 rings (SSSR count). The van der Waals surface area contributed by atoms with Crippen LogP contribution in [0.1, 0.15) is 11.1 Å². The number of hydrogen-bond acceptors (Lipinski definition) is 4. The third kappa shape index (κ3) is 6.95. The van der Waals surface area contributed by atoms with Crippen LogP contribution in [0.2, 0.25) is 5.02 Å². The van der Waals surface area contributed by atoms with Gasteiger partial charge < -0.3 is 10.1 Å². The van der Waals surface area contributed by atoms with E-state index >= 15 is 0 Å². The van der Waals surface area contributed by atoms with Crippen molar-refractivity contribution in [1.82, 2.24) is 10.2 Å². The number of nitrogens with one attached hydrogen (secondary N) is 1. The van der Waals surface area contributed by atoms with Crippen LogP contribution in [0.15, 0.2) is 54.6 Å². The highest BCUT2D eigenvalue weighted by atomic mass is 35.5. The summed E-state index contributed by atoms with van der Waals surface area (Å²) in [4.78, 5) is 25.6. The Morgan fingerprint density at radius 1 is 1.04 bits per heavy atom. The number of carbonyl (C=O) groups is 2. The summed E-state index contributed by atoms with van der Waals surface area (Å²) in [6.07, 6.45) is 0. The van der Waals surface area contributed by atoms with Crippen LogP contribution in [0.5, 0.6) is 0 Å². The van der Waals surface area contributed by atoms with Crippen molar-refractivity contribution in [3.63, 3.8) is 0 Å². The van der Waals surface area contributed by atoms with Gasteiger partial charge in [0.2, 0.25) is 5.91 Å². The Morgan fingerprint density at radius 2 is 1.76 bits per heavy atom. The van der Waals surface area contributed by atoms with Crippen LogP contribution < -0.4 is 5.32 Å². The molecule has 2 aromatic rings. The molecule has 0 unspecified atom stereocenters. The van der Waals surface area contributed by atoms with E-state index in [1.54, 1.807) is 17.0 Å². The largest absolute Gasteiger partial charge is 0.468 e. The van der Waals surface area contributed by atoms with E-state index in [2.05, 4.69) is 5.32 Å². The van der Waals surface area contributed by atoms with Gasteiger partial charge in [-0.05, 0) is 23.3 Å². The number of carbonyl (C=O) groups excluding carboxylic acids is 2. The molecule has 0 saturated carbocycles. The van der Waals surface area contributed by atoms with Crippen molar-refractivity contribution < 1.29 is 14.3 Å². The smallest absolute Gasteiger partial charge is 0.319 e. The topological polar surface area (TPSA) is 58.6 Å². The van der Waals surface area contributed by atoms with E-state index in [0.29, 0.717) is 18.1 Å². The molecule has 0 heterocycles. The molecule has 5 nitrogen and oxygen atoms in total. The lowest BCUT2D eigenvalue weighted by Crippen LogP contribution is -2.39. The van der Waals surface area contributed by atoms with E-state index in [1.807, 2.05) is 42.5 Å². The molecule has 0 spiro atoms. The van der Waals surface area contributed by atoms with Crippen LogP contribution in [-0.4, -0.2) is 37.0 Å². The number of amides is 1. The molecule has 0 saturated heterocycles. The Labute approximate surface area is 152 Å². The molecule has 0 bridgehead atoms. The summed E-state index contributed by atoms with van der Waals surface area (Å²) in [5.41, 5.74) is 1.94. The van der Waals surface area contributed by atoms with Crippen LogP contribution >= 0.6 is 11.6 Å². The second-order valence-electron chi connectivity index (χ2n) is 5.61. The fourth-order valence-corrected chi connectivity index (χ4v) is 2.58. The van der Waals surface area contributed by atoms with Gasteiger partial charge in [0.15, 0.2) is 0 Å². The first-order valence-electron chi connectivity index (χ1n) is 7.91. The molecule has 0 aliphatic carbocycles. The third-order valence-corrected chi connectivity index (χ3v) is 3.81. The van der Waals surface area contributed by atoms with E-state index in [0.717, 1.165) is 11.1 Å². The number of methoxy groups -OCH3 is 1. The lowest BCUT2D eigenvalue weighted by atomic mass is 10.2. The molecule has 0 atom stereocenters. The first-order chi connectivity index (χ1) is 12.1. The van der Waals surface area contributed by atoms with Crippen LogP contribution in [0, 0.1) is 0 Å². The molecule has 0 fully saturated rings. The average Bonchev–Trinajstić information content (AvgIpc) is 2.60. The Morgan fingerprint density at radius 3 is 2.44 bits per heavy atom. The van der Waals surface area contributed by atoms with Crippen LogP contribution in [-0.2, 0) is 27.4 Å². The van der Waals surface area contributed by atoms with Gasteiger partial charge in [-0.25, -0.2) is 0 Å². The van der Waals surface area contributed by atoms with Gasteiger partial charge in [-0.15, -0.1) is 0 Å². The monoisotopic (exact) mass is 360 g/mol. The summed E-state index contributed by atoms with van der Waals surface area (Å²) in [7, 11) is 1.34. The summed E-state index contributed by atoms with van der Waals surface area (Å²) >= 11 is 5.94. The zero-order valence-corrected chi connectivity index (χ0v) is 14.8. The van der Waals surface area contributed by atoms with Gasteiger partial charge in [-0.3, -0.25) is 14.5 Å². The van der Waals surface area contributed by atoms with Crippen molar-refractivity contribution in [2.24, 2.45) is 0 Å². The lowest BCUT2D eigenvalue weighted by Gasteiger charge is -2.20. The van der Waals surface area contributed by atoms with Gasteiger partial charge in [0.05, 0.1) is 20.2 Å². The highest BCUT2D eigenvalue weighted by Crippen LogP contribution is 2.10. The van der Waals surface area contributed by atoms with Crippen molar-refractivity contribution in [2.45, 2.75) is 13.1 Å². The molecule has 0 aliphatic heterocycles. The maximum atomic E-state index is 12.2. The number of nitrogens with zero attached hydrogens (tertiary/aromatic N) is 1. The summed E-state index contributed by atoms with van der Waals surface area (Å²) in [6.45, 7) is 1.03. The van der Waals surface area contributed by atoms with E-state index in [-0.39, 0.29) is 25.0 Å². The maximum absolute atomic E-state index is 12.2.